The van der Waals surface area contributed by atoms with E-state index in [0.29, 0.717) is 45.3 Å². The number of piperidine rings is 1. The predicted molar refractivity (Wildman–Crippen MR) is 127 cm³/mol. The van der Waals surface area contributed by atoms with Gasteiger partial charge in [0.1, 0.15) is 5.82 Å². The van der Waals surface area contributed by atoms with Crippen LogP contribution in [-0.2, 0) is 28.0 Å². The molecule has 170 valence electrons. The summed E-state index contributed by atoms with van der Waals surface area (Å²) in [6.07, 6.45) is 2.13. The van der Waals surface area contributed by atoms with Crippen molar-refractivity contribution in [1.29, 1.82) is 0 Å². The zero-order valence-electron chi connectivity index (χ0n) is 18.7. The van der Waals surface area contributed by atoms with Gasteiger partial charge < -0.3 is 10.2 Å². The third-order valence-electron chi connectivity index (χ3n) is 6.57. The van der Waals surface area contributed by atoms with E-state index >= 15 is 0 Å². The fraction of sp³-hybridized carbons (Fsp3) is 0.286. The van der Waals surface area contributed by atoms with Gasteiger partial charge in [-0.15, -0.1) is 0 Å². The predicted octanol–water partition coefficient (Wildman–Crippen LogP) is 4.64. The highest BCUT2D eigenvalue weighted by atomic mass is 19.1. The monoisotopic (exact) mass is 444 g/mol. The highest BCUT2D eigenvalue weighted by Crippen LogP contribution is 2.36. The molecule has 4 nitrogen and oxygen atoms in total. The average molecular weight is 445 g/mol. The number of nitrogens with zero attached hydrogens (tertiary/aromatic N) is 1. The van der Waals surface area contributed by atoms with Gasteiger partial charge in [0.2, 0.25) is 11.8 Å². The molecular formula is C28H29FN2O2. The number of amides is 2. The zero-order chi connectivity index (χ0) is 23.1. The first-order valence-electron chi connectivity index (χ1n) is 11.5. The highest BCUT2D eigenvalue weighted by molar-refractivity contribution is 5.89. The minimum Gasteiger partial charge on any atom is -0.351 e. The number of benzene rings is 3. The molecule has 1 aliphatic rings. The van der Waals surface area contributed by atoms with E-state index in [1.54, 1.807) is 12.1 Å². The molecule has 0 saturated carbocycles. The van der Waals surface area contributed by atoms with Crippen molar-refractivity contribution in [1.82, 2.24) is 10.2 Å². The van der Waals surface area contributed by atoms with Gasteiger partial charge in [0, 0.05) is 26.1 Å². The number of aryl methyl sites for hydroxylation is 1. The third-order valence-corrected chi connectivity index (χ3v) is 6.57. The van der Waals surface area contributed by atoms with Crippen LogP contribution in [0, 0.1) is 5.82 Å². The second-order valence-corrected chi connectivity index (χ2v) is 8.62. The molecule has 2 amide bonds. The van der Waals surface area contributed by atoms with Gasteiger partial charge >= 0.3 is 0 Å². The molecule has 1 fully saturated rings. The van der Waals surface area contributed by atoms with E-state index in [9.17, 15) is 14.0 Å². The molecular weight excluding hydrogens is 415 g/mol. The van der Waals surface area contributed by atoms with E-state index in [2.05, 4.69) is 5.32 Å². The van der Waals surface area contributed by atoms with Crippen LogP contribution < -0.4 is 5.32 Å². The molecule has 0 atom stereocenters. The standard InChI is InChI=1S/C28H29FN2O2/c29-25-14-11-22(12-15-25)13-16-26(32)31-19-17-28(18-20-31,24-9-5-2-6-10-24)27(33)30-21-23-7-3-1-4-8-23/h1-12,14-15H,13,16-21H2,(H,30,33). The lowest BCUT2D eigenvalue weighted by atomic mass is 9.72. The second kappa shape index (κ2) is 10.4. The summed E-state index contributed by atoms with van der Waals surface area (Å²) in [6.45, 7) is 1.56. The molecule has 1 aliphatic heterocycles. The summed E-state index contributed by atoms with van der Waals surface area (Å²) in [4.78, 5) is 28.1. The van der Waals surface area contributed by atoms with Crippen LogP contribution in [0.5, 0.6) is 0 Å². The SMILES string of the molecule is O=C(CCc1ccc(F)cc1)N1CCC(C(=O)NCc2ccccc2)(c2ccccc2)CC1. The van der Waals surface area contributed by atoms with Crippen LogP contribution in [0.1, 0.15) is 36.0 Å². The fourth-order valence-corrected chi connectivity index (χ4v) is 4.55. The maximum absolute atomic E-state index is 13.5. The van der Waals surface area contributed by atoms with Crippen molar-refractivity contribution in [3.05, 3.63) is 107 Å². The van der Waals surface area contributed by atoms with Crippen LogP contribution in [-0.4, -0.2) is 29.8 Å². The van der Waals surface area contributed by atoms with Crippen molar-refractivity contribution in [2.45, 2.75) is 37.6 Å². The van der Waals surface area contributed by atoms with Gasteiger partial charge in [0.15, 0.2) is 0 Å². The van der Waals surface area contributed by atoms with Gasteiger partial charge in [-0.05, 0) is 48.1 Å². The highest BCUT2D eigenvalue weighted by Gasteiger charge is 2.43. The first-order valence-corrected chi connectivity index (χ1v) is 11.5. The molecule has 0 aliphatic carbocycles. The smallest absolute Gasteiger partial charge is 0.231 e. The van der Waals surface area contributed by atoms with Crippen LogP contribution in [0.15, 0.2) is 84.9 Å². The lowest BCUT2D eigenvalue weighted by Crippen LogP contribution is -2.52. The topological polar surface area (TPSA) is 49.4 Å². The number of nitrogens with one attached hydrogen (secondary N) is 1. The van der Waals surface area contributed by atoms with Gasteiger partial charge in [0.05, 0.1) is 5.41 Å². The fourth-order valence-electron chi connectivity index (χ4n) is 4.55. The molecule has 33 heavy (non-hydrogen) atoms. The molecule has 0 radical (unpaired) electrons. The second-order valence-electron chi connectivity index (χ2n) is 8.62. The number of hydrogen-bond acceptors (Lipinski definition) is 2. The Morgan fingerprint density at radius 1 is 0.818 bits per heavy atom. The summed E-state index contributed by atoms with van der Waals surface area (Å²) in [5.41, 5.74) is 2.35. The summed E-state index contributed by atoms with van der Waals surface area (Å²) in [7, 11) is 0. The molecule has 1 heterocycles. The summed E-state index contributed by atoms with van der Waals surface area (Å²) < 4.78 is 13.1. The number of carbonyl (C=O) groups excluding carboxylic acids is 2. The van der Waals surface area contributed by atoms with Crippen molar-refractivity contribution in [2.24, 2.45) is 0 Å². The summed E-state index contributed by atoms with van der Waals surface area (Å²) in [5.74, 6) is -0.189. The Labute approximate surface area is 194 Å². The molecule has 1 N–H and O–H groups in total. The van der Waals surface area contributed by atoms with Gasteiger partial charge in [-0.2, -0.15) is 0 Å². The molecule has 5 heteroatoms. The van der Waals surface area contributed by atoms with Gasteiger partial charge in [-0.1, -0.05) is 72.8 Å². The van der Waals surface area contributed by atoms with E-state index in [0.717, 1.165) is 16.7 Å². The largest absolute Gasteiger partial charge is 0.351 e. The number of carbonyl (C=O) groups is 2. The Kier molecular flexibility index (Phi) is 7.18. The van der Waals surface area contributed by atoms with E-state index in [-0.39, 0.29) is 17.6 Å². The molecule has 0 aromatic heterocycles. The molecule has 1 saturated heterocycles. The lowest BCUT2D eigenvalue weighted by Gasteiger charge is -2.41. The first-order chi connectivity index (χ1) is 16.1. The van der Waals surface area contributed by atoms with E-state index in [4.69, 9.17) is 0 Å². The minimum absolute atomic E-state index is 0.0102. The van der Waals surface area contributed by atoms with Gasteiger partial charge in [-0.3, -0.25) is 9.59 Å². The average Bonchev–Trinajstić information content (AvgIpc) is 2.88. The van der Waals surface area contributed by atoms with Gasteiger partial charge in [0.25, 0.3) is 0 Å². The Bertz CT molecular complexity index is 1060. The van der Waals surface area contributed by atoms with Crippen molar-refractivity contribution in [3.8, 4) is 0 Å². The molecule has 3 aromatic rings. The van der Waals surface area contributed by atoms with Crippen molar-refractivity contribution < 1.29 is 14.0 Å². The molecule has 0 bridgehead atoms. The van der Waals surface area contributed by atoms with E-state index in [1.807, 2.05) is 65.6 Å². The van der Waals surface area contributed by atoms with Crippen LogP contribution in [0.4, 0.5) is 4.39 Å². The Balaban J connectivity index is 1.41. The maximum atomic E-state index is 13.5. The van der Waals surface area contributed by atoms with Crippen molar-refractivity contribution in [2.75, 3.05) is 13.1 Å². The Hall–Kier alpha value is -3.47. The number of halogens is 1. The van der Waals surface area contributed by atoms with Gasteiger partial charge in [-0.25, -0.2) is 4.39 Å². The quantitative estimate of drug-likeness (QED) is 0.577. The molecule has 0 unspecified atom stereocenters. The molecule has 4 rings (SSSR count). The number of rotatable bonds is 7. The maximum Gasteiger partial charge on any atom is 0.231 e. The Morgan fingerprint density at radius 3 is 2.06 bits per heavy atom. The number of likely N-dealkylation sites (tertiary alicyclic amines) is 1. The van der Waals surface area contributed by atoms with E-state index in [1.165, 1.54) is 12.1 Å². The zero-order valence-corrected chi connectivity index (χ0v) is 18.7. The first kappa shape index (κ1) is 22.7. The summed E-state index contributed by atoms with van der Waals surface area (Å²) >= 11 is 0. The molecule has 0 spiro atoms. The van der Waals surface area contributed by atoms with Crippen LogP contribution in [0.2, 0.25) is 0 Å². The van der Waals surface area contributed by atoms with Crippen LogP contribution >= 0.6 is 0 Å². The third kappa shape index (κ3) is 5.48. The number of hydrogen-bond donors (Lipinski definition) is 1. The van der Waals surface area contributed by atoms with Crippen LogP contribution in [0.3, 0.4) is 0 Å². The van der Waals surface area contributed by atoms with E-state index < -0.39 is 5.41 Å². The molecule has 3 aromatic carbocycles. The summed E-state index contributed by atoms with van der Waals surface area (Å²) in [5, 5.41) is 3.13. The minimum atomic E-state index is -0.649. The van der Waals surface area contributed by atoms with Crippen LogP contribution in [0.25, 0.3) is 0 Å². The normalized spacial score (nSPS) is 15.1. The lowest BCUT2D eigenvalue weighted by molar-refractivity contribution is -0.137. The van der Waals surface area contributed by atoms with Crippen molar-refractivity contribution >= 4 is 11.8 Å². The Morgan fingerprint density at radius 2 is 1.42 bits per heavy atom. The summed E-state index contributed by atoms with van der Waals surface area (Å²) in [6, 6.07) is 26.0. The van der Waals surface area contributed by atoms with Crippen molar-refractivity contribution in [3.63, 3.8) is 0 Å².